The topological polar surface area (TPSA) is 38.5 Å². The fraction of sp³-hybridized carbons (Fsp3) is 0.250. The lowest BCUT2D eigenvalue weighted by atomic mass is 10.1. The van der Waals surface area contributed by atoms with Gasteiger partial charge in [0.05, 0.1) is 7.11 Å². The van der Waals surface area contributed by atoms with Gasteiger partial charge in [0, 0.05) is 36.4 Å². The van der Waals surface area contributed by atoms with Crippen LogP contribution in [-0.2, 0) is 13.1 Å². The third-order valence-electron chi connectivity index (χ3n) is 3.25. The minimum atomic E-state index is 0.560. The zero-order chi connectivity index (χ0) is 14.5. The fourth-order valence-electron chi connectivity index (χ4n) is 2.04. The van der Waals surface area contributed by atoms with E-state index < -0.39 is 0 Å². The van der Waals surface area contributed by atoms with Gasteiger partial charge < -0.3 is 15.4 Å². The van der Waals surface area contributed by atoms with E-state index in [2.05, 4.69) is 52.1 Å². The first-order chi connectivity index (χ1) is 9.63. The van der Waals surface area contributed by atoms with Gasteiger partial charge in [0.15, 0.2) is 0 Å². The molecule has 106 valence electrons. The molecule has 0 fully saturated rings. The van der Waals surface area contributed by atoms with Crippen LogP contribution < -0.4 is 15.4 Å². The van der Waals surface area contributed by atoms with Crippen LogP contribution in [0.5, 0.6) is 5.75 Å². The van der Waals surface area contributed by atoms with Crippen molar-refractivity contribution in [3.8, 4) is 5.75 Å². The molecule has 0 spiro atoms. The van der Waals surface area contributed by atoms with E-state index in [4.69, 9.17) is 10.5 Å². The summed E-state index contributed by atoms with van der Waals surface area (Å²) in [5.74, 6) is 0.867. The average Bonchev–Trinajstić information content (AvgIpc) is 2.49. The van der Waals surface area contributed by atoms with E-state index in [1.54, 1.807) is 7.11 Å². The van der Waals surface area contributed by atoms with Gasteiger partial charge in [-0.1, -0.05) is 34.1 Å². The molecule has 0 aromatic heterocycles. The molecule has 3 nitrogen and oxygen atoms in total. The van der Waals surface area contributed by atoms with Crippen molar-refractivity contribution >= 4 is 21.6 Å². The van der Waals surface area contributed by atoms with Crippen LogP contribution in [0, 0.1) is 0 Å². The van der Waals surface area contributed by atoms with E-state index in [1.165, 1.54) is 5.56 Å². The number of hydrogen-bond donors (Lipinski definition) is 1. The maximum Gasteiger partial charge on any atom is 0.120 e. The van der Waals surface area contributed by atoms with Crippen LogP contribution in [0.25, 0.3) is 0 Å². The first kappa shape index (κ1) is 14.9. The van der Waals surface area contributed by atoms with Gasteiger partial charge in [-0.05, 0) is 29.3 Å². The number of ether oxygens (including phenoxy) is 1. The summed E-state index contributed by atoms with van der Waals surface area (Å²) in [4.78, 5) is 2.19. The van der Waals surface area contributed by atoms with Crippen molar-refractivity contribution in [1.29, 1.82) is 0 Å². The number of nitrogens with two attached hydrogens (primary N) is 1. The highest BCUT2D eigenvalue weighted by Crippen LogP contribution is 2.24. The van der Waals surface area contributed by atoms with Crippen molar-refractivity contribution in [3.05, 3.63) is 58.1 Å². The molecule has 0 bridgehead atoms. The Morgan fingerprint density at radius 3 is 2.65 bits per heavy atom. The molecule has 0 saturated heterocycles. The summed E-state index contributed by atoms with van der Waals surface area (Å²) in [7, 11) is 3.75. The van der Waals surface area contributed by atoms with E-state index in [-0.39, 0.29) is 0 Å². The van der Waals surface area contributed by atoms with Crippen LogP contribution in [0.2, 0.25) is 0 Å². The van der Waals surface area contributed by atoms with E-state index in [0.29, 0.717) is 6.54 Å². The van der Waals surface area contributed by atoms with Crippen molar-refractivity contribution in [3.63, 3.8) is 0 Å². The maximum atomic E-state index is 5.65. The predicted octanol–water partition coefficient (Wildman–Crippen LogP) is 3.55. The largest absolute Gasteiger partial charge is 0.497 e. The molecule has 2 aromatic carbocycles. The smallest absolute Gasteiger partial charge is 0.120 e. The highest BCUT2D eigenvalue weighted by molar-refractivity contribution is 9.10. The molecule has 4 heteroatoms. The van der Waals surface area contributed by atoms with Gasteiger partial charge in [-0.2, -0.15) is 0 Å². The standard InChI is InChI=1S/C16H19BrN2O/c1-19(14-4-3-5-15(9-14)20-2)11-13-7-6-12(10-18)8-16(13)17/h3-9H,10-11,18H2,1-2H3. The molecule has 0 aliphatic rings. The highest BCUT2D eigenvalue weighted by Gasteiger charge is 2.07. The molecule has 0 saturated carbocycles. The summed E-state index contributed by atoms with van der Waals surface area (Å²) in [5, 5.41) is 0. The van der Waals surface area contributed by atoms with Crippen LogP contribution in [0.15, 0.2) is 46.9 Å². The molecule has 2 aromatic rings. The third kappa shape index (κ3) is 3.52. The van der Waals surface area contributed by atoms with Crippen LogP contribution in [0.1, 0.15) is 11.1 Å². The van der Waals surface area contributed by atoms with Crippen LogP contribution >= 0.6 is 15.9 Å². The number of nitrogens with zero attached hydrogens (tertiary/aromatic N) is 1. The first-order valence-corrected chi connectivity index (χ1v) is 7.26. The number of benzene rings is 2. The van der Waals surface area contributed by atoms with Crippen molar-refractivity contribution in [2.75, 3.05) is 19.1 Å². The Balaban J connectivity index is 2.16. The van der Waals surface area contributed by atoms with E-state index in [1.807, 2.05) is 18.2 Å². The second-order valence-corrected chi connectivity index (χ2v) is 5.54. The molecule has 2 N–H and O–H groups in total. The minimum absolute atomic E-state index is 0.560. The van der Waals surface area contributed by atoms with E-state index >= 15 is 0 Å². The first-order valence-electron chi connectivity index (χ1n) is 6.46. The molecule has 0 radical (unpaired) electrons. The Morgan fingerprint density at radius 1 is 1.20 bits per heavy atom. The van der Waals surface area contributed by atoms with Gasteiger partial charge in [0.1, 0.15) is 5.75 Å². The Morgan fingerprint density at radius 2 is 2.00 bits per heavy atom. The number of hydrogen-bond acceptors (Lipinski definition) is 3. The SMILES string of the molecule is COc1cccc(N(C)Cc2ccc(CN)cc2Br)c1. The molecule has 20 heavy (non-hydrogen) atoms. The van der Waals surface area contributed by atoms with Gasteiger partial charge in [0.25, 0.3) is 0 Å². The zero-order valence-electron chi connectivity index (χ0n) is 11.8. The van der Waals surface area contributed by atoms with Crippen LogP contribution in [0.3, 0.4) is 0 Å². The highest BCUT2D eigenvalue weighted by atomic mass is 79.9. The quantitative estimate of drug-likeness (QED) is 0.908. The Kier molecular flexibility index (Phi) is 5.04. The van der Waals surface area contributed by atoms with Gasteiger partial charge >= 0.3 is 0 Å². The Hall–Kier alpha value is -1.52. The van der Waals surface area contributed by atoms with Crippen LogP contribution in [0.4, 0.5) is 5.69 Å². The van der Waals surface area contributed by atoms with Crippen molar-refractivity contribution < 1.29 is 4.74 Å². The molecular weight excluding hydrogens is 316 g/mol. The Labute approximate surface area is 128 Å². The third-order valence-corrected chi connectivity index (χ3v) is 3.99. The molecule has 0 unspecified atom stereocenters. The monoisotopic (exact) mass is 334 g/mol. The second-order valence-electron chi connectivity index (χ2n) is 4.69. The summed E-state index contributed by atoms with van der Waals surface area (Å²) in [5.41, 5.74) is 9.13. The molecule has 0 amide bonds. The zero-order valence-corrected chi connectivity index (χ0v) is 13.4. The number of methoxy groups -OCH3 is 1. The Bertz CT molecular complexity index is 586. The average molecular weight is 335 g/mol. The minimum Gasteiger partial charge on any atom is -0.497 e. The van der Waals surface area contributed by atoms with E-state index in [9.17, 15) is 0 Å². The lowest BCUT2D eigenvalue weighted by Gasteiger charge is -2.21. The lowest BCUT2D eigenvalue weighted by molar-refractivity contribution is 0.415. The fourth-order valence-corrected chi connectivity index (χ4v) is 2.59. The molecule has 0 atom stereocenters. The van der Waals surface area contributed by atoms with Crippen molar-refractivity contribution in [2.45, 2.75) is 13.1 Å². The van der Waals surface area contributed by atoms with E-state index in [0.717, 1.165) is 28.0 Å². The van der Waals surface area contributed by atoms with Crippen LogP contribution in [-0.4, -0.2) is 14.2 Å². The van der Waals surface area contributed by atoms with Crippen molar-refractivity contribution in [2.24, 2.45) is 5.73 Å². The number of rotatable bonds is 5. The predicted molar refractivity (Wildman–Crippen MR) is 87.1 cm³/mol. The summed E-state index contributed by atoms with van der Waals surface area (Å²) < 4.78 is 6.35. The molecule has 2 rings (SSSR count). The second kappa shape index (κ2) is 6.77. The number of halogens is 1. The lowest BCUT2D eigenvalue weighted by Crippen LogP contribution is -2.16. The molecule has 0 aliphatic heterocycles. The molecular formula is C16H19BrN2O. The summed E-state index contributed by atoms with van der Waals surface area (Å²) in [6.07, 6.45) is 0. The van der Waals surface area contributed by atoms with Gasteiger partial charge in [-0.25, -0.2) is 0 Å². The molecule has 0 aliphatic carbocycles. The van der Waals surface area contributed by atoms with Gasteiger partial charge in [-0.15, -0.1) is 0 Å². The maximum absolute atomic E-state index is 5.65. The van der Waals surface area contributed by atoms with Gasteiger partial charge in [-0.3, -0.25) is 0 Å². The number of anilines is 1. The molecule has 0 heterocycles. The summed E-state index contributed by atoms with van der Waals surface area (Å²) in [6, 6.07) is 14.3. The summed E-state index contributed by atoms with van der Waals surface area (Å²) >= 11 is 3.61. The normalized spacial score (nSPS) is 10.4. The van der Waals surface area contributed by atoms with Gasteiger partial charge in [0.2, 0.25) is 0 Å². The van der Waals surface area contributed by atoms with Crippen molar-refractivity contribution in [1.82, 2.24) is 0 Å². The summed E-state index contributed by atoms with van der Waals surface area (Å²) in [6.45, 7) is 1.38.